The lowest BCUT2D eigenvalue weighted by atomic mass is 9.99. The van der Waals surface area contributed by atoms with Crippen LogP contribution in [0.5, 0.6) is 0 Å². The molecule has 90 valence electrons. The second-order valence-electron chi connectivity index (χ2n) is 4.65. The van der Waals surface area contributed by atoms with Crippen molar-refractivity contribution in [3.05, 3.63) is 69.2 Å². The number of rotatable bonds is 2. The molecule has 0 N–H and O–H groups in total. The van der Waals surface area contributed by atoms with Gasteiger partial charge in [0.1, 0.15) is 0 Å². The van der Waals surface area contributed by atoms with Crippen molar-refractivity contribution in [2.45, 2.75) is 19.3 Å². The first-order valence-corrected chi connectivity index (χ1v) is 6.96. The van der Waals surface area contributed by atoms with Crippen molar-refractivity contribution in [1.29, 1.82) is 0 Å². The fourth-order valence-electron chi connectivity index (χ4n) is 2.51. The Hall–Kier alpha value is -1.41. The van der Waals surface area contributed by atoms with Gasteiger partial charge in [0.2, 0.25) is 0 Å². The lowest BCUT2D eigenvalue weighted by Crippen LogP contribution is -2.03. The largest absolute Gasteiger partial charge is 0.289 e. The number of hydrogen-bond acceptors (Lipinski definition) is 1. The summed E-state index contributed by atoms with van der Waals surface area (Å²) in [5, 5.41) is 0. The highest BCUT2D eigenvalue weighted by molar-refractivity contribution is 9.10. The van der Waals surface area contributed by atoms with Gasteiger partial charge in [-0.15, -0.1) is 0 Å². The summed E-state index contributed by atoms with van der Waals surface area (Å²) in [5.41, 5.74) is 4.27. The molecule has 0 radical (unpaired) electrons. The van der Waals surface area contributed by atoms with E-state index >= 15 is 0 Å². The second kappa shape index (κ2) is 4.69. The Morgan fingerprint density at radius 2 is 1.78 bits per heavy atom. The van der Waals surface area contributed by atoms with Gasteiger partial charge in [0, 0.05) is 15.6 Å². The van der Waals surface area contributed by atoms with Crippen molar-refractivity contribution in [3.63, 3.8) is 0 Å². The van der Waals surface area contributed by atoms with Crippen LogP contribution in [0.2, 0.25) is 0 Å². The van der Waals surface area contributed by atoms with E-state index in [1.54, 1.807) is 0 Å². The summed E-state index contributed by atoms with van der Waals surface area (Å²) in [7, 11) is 0. The van der Waals surface area contributed by atoms with Crippen molar-refractivity contribution in [2.24, 2.45) is 0 Å². The van der Waals surface area contributed by atoms with Gasteiger partial charge in [-0.3, -0.25) is 4.79 Å². The fraction of sp³-hybridized carbons (Fsp3) is 0.188. The Bertz CT molecular complexity index is 616. The third-order valence-corrected chi connectivity index (χ3v) is 4.17. The van der Waals surface area contributed by atoms with Gasteiger partial charge in [0.25, 0.3) is 0 Å². The fourth-order valence-corrected chi connectivity index (χ4v) is 2.98. The summed E-state index contributed by atoms with van der Waals surface area (Å²) in [5.74, 6) is 0.0946. The summed E-state index contributed by atoms with van der Waals surface area (Å²) < 4.78 is 0.857. The predicted octanol–water partition coefficient (Wildman–Crippen LogP) is 4.17. The number of ketones is 1. The van der Waals surface area contributed by atoms with E-state index in [-0.39, 0.29) is 5.78 Å². The number of fused-ring (bicyclic) bond motifs is 1. The van der Waals surface area contributed by atoms with Crippen molar-refractivity contribution in [2.75, 3.05) is 0 Å². The summed E-state index contributed by atoms with van der Waals surface area (Å²) in [6.07, 6.45) is 3.47. The molecule has 0 saturated carbocycles. The molecule has 0 atom stereocenters. The van der Waals surface area contributed by atoms with Crippen LogP contribution in [0.15, 0.2) is 46.9 Å². The molecule has 0 bridgehead atoms. The van der Waals surface area contributed by atoms with Gasteiger partial charge in [-0.2, -0.15) is 0 Å². The molecule has 1 aliphatic carbocycles. The molecular formula is C16H13BrO. The number of hydrogen-bond donors (Lipinski definition) is 0. The molecule has 2 heteroatoms. The van der Waals surface area contributed by atoms with Crippen LogP contribution in [0.4, 0.5) is 0 Å². The zero-order valence-electron chi connectivity index (χ0n) is 9.95. The Morgan fingerprint density at radius 3 is 2.61 bits per heavy atom. The number of carbonyl (C=O) groups excluding carboxylic acids is 1. The molecule has 3 rings (SSSR count). The van der Waals surface area contributed by atoms with Crippen molar-refractivity contribution >= 4 is 21.7 Å². The lowest BCUT2D eigenvalue weighted by Gasteiger charge is -2.06. The van der Waals surface area contributed by atoms with Crippen LogP contribution >= 0.6 is 15.9 Å². The van der Waals surface area contributed by atoms with Crippen LogP contribution in [-0.2, 0) is 12.8 Å². The summed E-state index contributed by atoms with van der Waals surface area (Å²) in [6, 6.07) is 13.7. The third kappa shape index (κ3) is 2.01. The first kappa shape index (κ1) is 11.7. The van der Waals surface area contributed by atoms with Gasteiger partial charge >= 0.3 is 0 Å². The lowest BCUT2D eigenvalue weighted by molar-refractivity contribution is 0.103. The minimum Gasteiger partial charge on any atom is -0.289 e. The molecule has 0 heterocycles. The summed E-state index contributed by atoms with van der Waals surface area (Å²) >= 11 is 3.44. The van der Waals surface area contributed by atoms with Crippen LogP contribution in [-0.4, -0.2) is 5.78 Å². The first-order chi connectivity index (χ1) is 8.75. The topological polar surface area (TPSA) is 17.1 Å². The molecule has 0 aliphatic heterocycles. The molecular weight excluding hydrogens is 288 g/mol. The summed E-state index contributed by atoms with van der Waals surface area (Å²) in [4.78, 5) is 12.4. The number of carbonyl (C=O) groups is 1. The van der Waals surface area contributed by atoms with Crippen LogP contribution in [0.25, 0.3) is 0 Å². The van der Waals surface area contributed by atoms with Gasteiger partial charge in [-0.1, -0.05) is 40.2 Å². The van der Waals surface area contributed by atoms with Gasteiger partial charge in [0.05, 0.1) is 0 Å². The smallest absolute Gasteiger partial charge is 0.194 e. The van der Waals surface area contributed by atoms with Crippen molar-refractivity contribution in [1.82, 2.24) is 0 Å². The zero-order valence-corrected chi connectivity index (χ0v) is 11.5. The molecule has 2 aromatic carbocycles. The van der Waals surface area contributed by atoms with Crippen LogP contribution in [0.3, 0.4) is 0 Å². The van der Waals surface area contributed by atoms with E-state index in [1.807, 2.05) is 30.3 Å². The van der Waals surface area contributed by atoms with E-state index in [0.29, 0.717) is 0 Å². The Morgan fingerprint density at radius 1 is 1.00 bits per heavy atom. The van der Waals surface area contributed by atoms with Gasteiger partial charge in [0.15, 0.2) is 5.78 Å². The number of halogens is 1. The normalized spacial score (nSPS) is 13.4. The minimum absolute atomic E-state index is 0.0946. The van der Waals surface area contributed by atoms with Crippen LogP contribution < -0.4 is 0 Å². The van der Waals surface area contributed by atoms with Gasteiger partial charge < -0.3 is 0 Å². The summed E-state index contributed by atoms with van der Waals surface area (Å²) in [6.45, 7) is 0. The van der Waals surface area contributed by atoms with E-state index in [4.69, 9.17) is 0 Å². The average Bonchev–Trinajstić information content (AvgIpc) is 2.85. The van der Waals surface area contributed by atoms with Gasteiger partial charge in [-0.05, 0) is 48.6 Å². The first-order valence-electron chi connectivity index (χ1n) is 6.17. The minimum atomic E-state index is 0.0946. The van der Waals surface area contributed by atoms with E-state index in [9.17, 15) is 4.79 Å². The highest BCUT2D eigenvalue weighted by atomic mass is 79.9. The highest BCUT2D eigenvalue weighted by Crippen LogP contribution is 2.25. The number of benzene rings is 2. The molecule has 18 heavy (non-hydrogen) atoms. The average molecular weight is 301 g/mol. The Kier molecular flexibility index (Phi) is 3.04. The standard InChI is InChI=1S/C16H13BrO/c17-15-7-2-1-6-14(15)16(18)13-9-8-11-4-3-5-12(11)10-13/h1-2,6-10H,3-5H2. The Balaban J connectivity index is 2.01. The quantitative estimate of drug-likeness (QED) is 0.761. The van der Waals surface area contributed by atoms with Crippen LogP contribution in [0, 0.1) is 0 Å². The molecule has 2 aromatic rings. The maximum Gasteiger partial charge on any atom is 0.194 e. The van der Waals surface area contributed by atoms with Crippen molar-refractivity contribution in [3.8, 4) is 0 Å². The molecule has 0 spiro atoms. The van der Waals surface area contributed by atoms with E-state index in [2.05, 4.69) is 28.1 Å². The maximum atomic E-state index is 12.4. The molecule has 0 fully saturated rings. The SMILES string of the molecule is O=C(c1ccc2c(c1)CCC2)c1ccccc1Br. The molecule has 0 unspecified atom stereocenters. The number of aryl methyl sites for hydroxylation is 2. The van der Waals surface area contributed by atoms with E-state index in [1.165, 1.54) is 17.5 Å². The highest BCUT2D eigenvalue weighted by Gasteiger charge is 2.16. The molecule has 1 nitrogen and oxygen atoms in total. The van der Waals surface area contributed by atoms with E-state index in [0.717, 1.165) is 28.4 Å². The molecule has 0 saturated heterocycles. The predicted molar refractivity (Wildman–Crippen MR) is 76.0 cm³/mol. The third-order valence-electron chi connectivity index (χ3n) is 3.48. The molecule has 0 aromatic heterocycles. The monoisotopic (exact) mass is 300 g/mol. The second-order valence-corrected chi connectivity index (χ2v) is 5.50. The molecule has 1 aliphatic rings. The van der Waals surface area contributed by atoms with Gasteiger partial charge in [-0.25, -0.2) is 0 Å². The van der Waals surface area contributed by atoms with Crippen molar-refractivity contribution < 1.29 is 4.79 Å². The Labute approximate surface area is 115 Å². The molecule has 0 amide bonds. The zero-order chi connectivity index (χ0) is 12.5. The van der Waals surface area contributed by atoms with Crippen LogP contribution in [0.1, 0.15) is 33.5 Å². The van der Waals surface area contributed by atoms with E-state index < -0.39 is 0 Å². The maximum absolute atomic E-state index is 12.4.